The second-order valence-corrected chi connectivity index (χ2v) is 2.36. The summed E-state index contributed by atoms with van der Waals surface area (Å²) in [7, 11) is 0. The quantitative estimate of drug-likeness (QED) is 0.639. The van der Waals surface area contributed by atoms with Crippen molar-refractivity contribution in [3.63, 3.8) is 0 Å². The highest BCUT2D eigenvalue weighted by Crippen LogP contribution is 2.22. The fourth-order valence-corrected chi connectivity index (χ4v) is 0.812. The Morgan fingerprint density at radius 2 is 1.92 bits per heavy atom. The monoisotopic (exact) mass is 176 g/mol. The summed E-state index contributed by atoms with van der Waals surface area (Å²) in [5, 5.41) is 0. The third-order valence-electron chi connectivity index (χ3n) is 1.22. The van der Waals surface area contributed by atoms with Crippen LogP contribution in [0.5, 0.6) is 5.75 Å². The Kier molecular flexibility index (Phi) is 2.26. The maximum Gasteiger partial charge on any atom is 0.573 e. The summed E-state index contributed by atoms with van der Waals surface area (Å²) in [5.74, 6) is -0.178. The largest absolute Gasteiger partial charge is 0.573 e. The van der Waals surface area contributed by atoms with E-state index in [1.807, 2.05) is 0 Å². The van der Waals surface area contributed by atoms with Gasteiger partial charge in [-0.25, -0.2) is 0 Å². The Morgan fingerprint density at radius 3 is 2.42 bits per heavy atom. The fraction of sp³-hybridized carbons (Fsp3) is 0.250. The van der Waals surface area contributed by atoms with Gasteiger partial charge in [-0.15, -0.1) is 13.2 Å². The van der Waals surface area contributed by atoms with Crippen molar-refractivity contribution in [3.8, 4) is 5.75 Å². The van der Waals surface area contributed by atoms with Crippen LogP contribution in [-0.4, -0.2) is 6.36 Å². The van der Waals surface area contributed by atoms with Gasteiger partial charge in [-0.1, -0.05) is 12.1 Å². The van der Waals surface area contributed by atoms with Crippen molar-refractivity contribution in [1.29, 1.82) is 0 Å². The molecular formula is C8H7F3O. The summed E-state index contributed by atoms with van der Waals surface area (Å²) in [6.07, 6.45) is -4.60. The first-order valence-electron chi connectivity index (χ1n) is 3.30. The van der Waals surface area contributed by atoms with Crippen molar-refractivity contribution >= 4 is 0 Å². The Hall–Kier alpha value is -1.19. The van der Waals surface area contributed by atoms with Crippen LogP contribution < -0.4 is 4.74 Å². The van der Waals surface area contributed by atoms with Crippen LogP contribution in [0.25, 0.3) is 0 Å². The van der Waals surface area contributed by atoms with Gasteiger partial charge in [0.2, 0.25) is 0 Å². The maximum atomic E-state index is 11.7. The number of alkyl halides is 3. The van der Waals surface area contributed by atoms with Crippen LogP contribution in [0.15, 0.2) is 24.3 Å². The molecule has 1 nitrogen and oxygen atoms in total. The highest BCUT2D eigenvalue weighted by molar-refractivity contribution is 5.27. The van der Waals surface area contributed by atoms with Crippen LogP contribution in [-0.2, 0) is 0 Å². The minimum absolute atomic E-state index is 0.178. The summed E-state index contributed by atoms with van der Waals surface area (Å²) in [6.45, 7) is 1.70. The molecule has 0 spiro atoms. The zero-order valence-corrected chi connectivity index (χ0v) is 6.35. The number of rotatable bonds is 1. The van der Waals surface area contributed by atoms with Crippen molar-refractivity contribution in [2.75, 3.05) is 0 Å². The van der Waals surface area contributed by atoms with Gasteiger partial charge in [0.15, 0.2) is 0 Å². The van der Waals surface area contributed by atoms with Gasteiger partial charge in [-0.05, 0) is 24.6 Å². The van der Waals surface area contributed by atoms with E-state index in [0.717, 1.165) is 5.56 Å². The van der Waals surface area contributed by atoms with Crippen molar-refractivity contribution in [2.45, 2.75) is 13.3 Å². The van der Waals surface area contributed by atoms with E-state index >= 15 is 0 Å². The molecule has 1 rings (SSSR count). The SMILES string of the molecule is Cc1cccc(OC(F)(F)F)c1. The average Bonchev–Trinajstić information content (AvgIpc) is 1.82. The van der Waals surface area contributed by atoms with Crippen molar-refractivity contribution in [2.24, 2.45) is 0 Å². The molecular weight excluding hydrogens is 169 g/mol. The first-order valence-corrected chi connectivity index (χ1v) is 3.30. The molecule has 0 aromatic heterocycles. The molecule has 0 aliphatic heterocycles. The highest BCUT2D eigenvalue weighted by atomic mass is 19.4. The number of ether oxygens (including phenoxy) is 1. The minimum atomic E-state index is -4.60. The van der Waals surface area contributed by atoms with E-state index in [4.69, 9.17) is 0 Å². The van der Waals surface area contributed by atoms with Crippen LogP contribution in [0, 0.1) is 6.92 Å². The van der Waals surface area contributed by atoms with E-state index in [-0.39, 0.29) is 5.75 Å². The first kappa shape index (κ1) is 8.90. The van der Waals surface area contributed by atoms with E-state index in [0.29, 0.717) is 0 Å². The van der Waals surface area contributed by atoms with Gasteiger partial charge >= 0.3 is 6.36 Å². The summed E-state index contributed by atoms with van der Waals surface area (Å²) in [6, 6.07) is 5.80. The second kappa shape index (κ2) is 3.05. The smallest absolute Gasteiger partial charge is 0.406 e. The molecule has 0 saturated heterocycles. The van der Waals surface area contributed by atoms with E-state index < -0.39 is 6.36 Å². The first-order chi connectivity index (χ1) is 5.47. The molecule has 4 heteroatoms. The lowest BCUT2D eigenvalue weighted by Gasteiger charge is -2.08. The van der Waals surface area contributed by atoms with Crippen LogP contribution in [0.4, 0.5) is 13.2 Å². The third-order valence-corrected chi connectivity index (χ3v) is 1.22. The summed E-state index contributed by atoms with van der Waals surface area (Å²) < 4.78 is 38.6. The Labute approximate surface area is 67.8 Å². The standard InChI is InChI=1S/C8H7F3O/c1-6-3-2-4-7(5-6)12-8(9,10)11/h2-5H,1H3. The highest BCUT2D eigenvalue weighted by Gasteiger charge is 2.30. The normalized spacial score (nSPS) is 11.3. The summed E-state index contributed by atoms with van der Waals surface area (Å²) >= 11 is 0. The van der Waals surface area contributed by atoms with Gasteiger partial charge in [0.1, 0.15) is 5.75 Å². The molecule has 0 atom stereocenters. The topological polar surface area (TPSA) is 9.23 Å². The molecule has 0 amide bonds. The van der Waals surface area contributed by atoms with Gasteiger partial charge < -0.3 is 4.74 Å². The lowest BCUT2D eigenvalue weighted by atomic mass is 10.2. The van der Waals surface area contributed by atoms with Gasteiger partial charge in [0.25, 0.3) is 0 Å². The third kappa shape index (κ3) is 2.82. The Morgan fingerprint density at radius 1 is 1.25 bits per heavy atom. The van der Waals surface area contributed by atoms with E-state index in [1.165, 1.54) is 18.2 Å². The van der Waals surface area contributed by atoms with Crippen LogP contribution in [0.1, 0.15) is 5.56 Å². The lowest BCUT2D eigenvalue weighted by molar-refractivity contribution is -0.274. The summed E-state index contributed by atoms with van der Waals surface area (Å²) in [4.78, 5) is 0. The number of benzene rings is 1. The molecule has 0 saturated carbocycles. The van der Waals surface area contributed by atoms with E-state index in [9.17, 15) is 13.2 Å². The maximum absolute atomic E-state index is 11.7. The Bertz CT molecular complexity index is 267. The molecule has 0 N–H and O–H groups in total. The van der Waals surface area contributed by atoms with Crippen molar-refractivity contribution in [1.82, 2.24) is 0 Å². The number of hydrogen-bond acceptors (Lipinski definition) is 1. The predicted molar refractivity (Wildman–Crippen MR) is 37.9 cm³/mol. The molecule has 66 valence electrons. The fourth-order valence-electron chi connectivity index (χ4n) is 0.812. The molecule has 0 unspecified atom stereocenters. The molecule has 0 aliphatic rings. The van der Waals surface area contributed by atoms with Gasteiger partial charge in [-0.2, -0.15) is 0 Å². The Balaban J connectivity index is 2.77. The van der Waals surface area contributed by atoms with Crippen LogP contribution in [0.3, 0.4) is 0 Å². The minimum Gasteiger partial charge on any atom is -0.406 e. The second-order valence-electron chi connectivity index (χ2n) is 2.36. The molecule has 0 fully saturated rings. The van der Waals surface area contributed by atoms with Gasteiger partial charge in [0.05, 0.1) is 0 Å². The average molecular weight is 176 g/mol. The molecule has 0 heterocycles. The zero-order valence-electron chi connectivity index (χ0n) is 6.35. The molecule has 1 aromatic rings. The molecule has 1 aromatic carbocycles. The molecule has 12 heavy (non-hydrogen) atoms. The van der Waals surface area contributed by atoms with Crippen LogP contribution in [0.2, 0.25) is 0 Å². The predicted octanol–water partition coefficient (Wildman–Crippen LogP) is 2.89. The molecule has 0 bridgehead atoms. The van der Waals surface area contributed by atoms with E-state index in [2.05, 4.69) is 4.74 Å². The number of halogens is 3. The molecule has 0 radical (unpaired) electrons. The lowest BCUT2D eigenvalue weighted by Crippen LogP contribution is -2.17. The zero-order chi connectivity index (χ0) is 9.19. The summed E-state index contributed by atoms with van der Waals surface area (Å²) in [5.41, 5.74) is 0.733. The van der Waals surface area contributed by atoms with Gasteiger partial charge in [-0.3, -0.25) is 0 Å². The number of aryl methyl sites for hydroxylation is 1. The molecule has 0 aliphatic carbocycles. The van der Waals surface area contributed by atoms with Crippen LogP contribution >= 0.6 is 0 Å². The van der Waals surface area contributed by atoms with Gasteiger partial charge in [0, 0.05) is 0 Å². The van der Waals surface area contributed by atoms with Crippen molar-refractivity contribution in [3.05, 3.63) is 29.8 Å². The van der Waals surface area contributed by atoms with Crippen molar-refractivity contribution < 1.29 is 17.9 Å². The van der Waals surface area contributed by atoms with E-state index in [1.54, 1.807) is 13.0 Å². The number of hydrogen-bond donors (Lipinski definition) is 0.